The van der Waals surface area contributed by atoms with Crippen molar-refractivity contribution < 1.29 is 27.2 Å². The van der Waals surface area contributed by atoms with Crippen molar-refractivity contribution in [3.05, 3.63) is 30.0 Å². The van der Waals surface area contributed by atoms with Crippen molar-refractivity contribution in [1.29, 1.82) is 0 Å². The Bertz CT molecular complexity index is 1070. The van der Waals surface area contributed by atoms with Gasteiger partial charge in [0.05, 0.1) is 13.7 Å². The minimum Gasteiger partial charge on any atom is -0.495 e. The van der Waals surface area contributed by atoms with Crippen LogP contribution in [0.25, 0.3) is 11.3 Å². The fraction of sp³-hybridized carbons (Fsp3) is 0.565. The van der Waals surface area contributed by atoms with E-state index in [2.05, 4.69) is 10.1 Å². The fourth-order valence-corrected chi connectivity index (χ4v) is 6.24. The third-order valence-electron chi connectivity index (χ3n) is 6.43. The molecule has 2 aromatic rings. The number of hydrogen-bond donors (Lipinski definition) is 0. The zero-order valence-electron chi connectivity index (χ0n) is 19.2. The number of sulfonamides is 1. The van der Waals surface area contributed by atoms with Gasteiger partial charge in [-0.2, -0.15) is 4.31 Å². The molecule has 0 atom stereocenters. The largest absolute Gasteiger partial charge is 0.495 e. The van der Waals surface area contributed by atoms with Gasteiger partial charge in [-0.15, -0.1) is 0 Å². The minimum absolute atomic E-state index is 0.0332. The maximum atomic E-state index is 13.5. The first-order valence-corrected chi connectivity index (χ1v) is 12.9. The van der Waals surface area contributed by atoms with E-state index < -0.39 is 16.0 Å². The van der Waals surface area contributed by atoms with Crippen LogP contribution in [0.4, 0.5) is 0 Å². The molecule has 1 aliphatic heterocycles. The monoisotopic (exact) mass is 477 g/mol. The molecule has 0 amide bonds. The molecule has 33 heavy (non-hydrogen) atoms. The van der Waals surface area contributed by atoms with E-state index in [1.807, 2.05) is 0 Å². The minimum atomic E-state index is -3.78. The van der Waals surface area contributed by atoms with Crippen molar-refractivity contribution in [3.63, 3.8) is 0 Å². The summed E-state index contributed by atoms with van der Waals surface area (Å²) >= 11 is 0. The second-order valence-corrected chi connectivity index (χ2v) is 10.3. The van der Waals surface area contributed by atoms with Gasteiger partial charge in [0.15, 0.2) is 11.5 Å². The number of piperazine rings is 1. The molecular weight excluding hydrogens is 446 g/mol. The highest BCUT2D eigenvalue weighted by Gasteiger charge is 2.33. The van der Waals surface area contributed by atoms with Crippen LogP contribution in [0.5, 0.6) is 5.75 Å². The van der Waals surface area contributed by atoms with Crippen LogP contribution in [0, 0.1) is 0 Å². The Labute approximate surface area is 194 Å². The molecule has 0 bridgehead atoms. The highest BCUT2D eigenvalue weighted by atomic mass is 32.2. The van der Waals surface area contributed by atoms with E-state index >= 15 is 0 Å². The van der Waals surface area contributed by atoms with Gasteiger partial charge in [0.2, 0.25) is 10.0 Å². The lowest BCUT2D eigenvalue weighted by atomic mass is 9.94. The first-order chi connectivity index (χ1) is 15.9. The number of carbonyl (C=O) groups is 1. The maximum Gasteiger partial charge on any atom is 0.360 e. The van der Waals surface area contributed by atoms with Gasteiger partial charge in [-0.25, -0.2) is 13.2 Å². The molecule has 0 N–H and O–H groups in total. The molecule has 180 valence electrons. The molecule has 1 saturated carbocycles. The number of rotatable bonds is 7. The average molecular weight is 478 g/mol. The molecule has 0 spiro atoms. The van der Waals surface area contributed by atoms with Crippen molar-refractivity contribution in [1.82, 2.24) is 14.4 Å². The Morgan fingerprint density at radius 1 is 1.12 bits per heavy atom. The van der Waals surface area contributed by atoms with Gasteiger partial charge in [0.25, 0.3) is 0 Å². The maximum absolute atomic E-state index is 13.5. The Morgan fingerprint density at radius 3 is 2.52 bits per heavy atom. The average Bonchev–Trinajstić information content (AvgIpc) is 3.35. The summed E-state index contributed by atoms with van der Waals surface area (Å²) in [5, 5.41) is 3.74. The molecule has 0 unspecified atom stereocenters. The number of benzene rings is 1. The summed E-state index contributed by atoms with van der Waals surface area (Å²) in [6.07, 6.45) is 6.22. The van der Waals surface area contributed by atoms with Crippen LogP contribution in [0.2, 0.25) is 0 Å². The molecule has 2 heterocycles. The zero-order chi connectivity index (χ0) is 23.4. The second kappa shape index (κ2) is 10.2. The van der Waals surface area contributed by atoms with Crippen LogP contribution < -0.4 is 4.74 Å². The molecule has 1 aromatic heterocycles. The Morgan fingerprint density at radius 2 is 1.85 bits per heavy atom. The van der Waals surface area contributed by atoms with Crippen LogP contribution in [0.3, 0.4) is 0 Å². The van der Waals surface area contributed by atoms with E-state index in [0.29, 0.717) is 24.7 Å². The molecule has 10 heteroatoms. The standard InChI is InChI=1S/C23H31N3O6S/c1-3-31-23(27)19-16-21(32-24-19)17-9-10-20(30-2)22(15-17)33(28,29)26-13-11-25(12-14-26)18-7-5-4-6-8-18/h9-10,15-16,18H,3-8,11-14H2,1-2H3. The summed E-state index contributed by atoms with van der Waals surface area (Å²) in [5.41, 5.74) is 0.518. The Balaban J connectivity index is 1.54. The highest BCUT2D eigenvalue weighted by Crippen LogP contribution is 2.33. The molecule has 1 aromatic carbocycles. The lowest BCUT2D eigenvalue weighted by Crippen LogP contribution is -2.52. The van der Waals surface area contributed by atoms with Gasteiger partial charge >= 0.3 is 5.97 Å². The SMILES string of the molecule is CCOC(=O)c1cc(-c2ccc(OC)c(S(=O)(=O)N3CCN(C4CCCCC4)CC3)c2)on1. The molecule has 0 radical (unpaired) electrons. The van der Waals surface area contributed by atoms with Gasteiger partial charge in [0, 0.05) is 43.9 Å². The number of ether oxygens (including phenoxy) is 2. The summed E-state index contributed by atoms with van der Waals surface area (Å²) in [7, 11) is -2.33. The van der Waals surface area contributed by atoms with Crippen LogP contribution in [0.15, 0.2) is 33.7 Å². The molecule has 9 nitrogen and oxygen atoms in total. The zero-order valence-corrected chi connectivity index (χ0v) is 20.0. The predicted octanol–water partition coefficient (Wildman–Crippen LogP) is 3.17. The molecule has 1 saturated heterocycles. The van der Waals surface area contributed by atoms with Crippen LogP contribution >= 0.6 is 0 Å². The van der Waals surface area contributed by atoms with Gasteiger partial charge in [-0.05, 0) is 38.0 Å². The molecule has 2 fully saturated rings. The van der Waals surface area contributed by atoms with Gasteiger partial charge in [-0.3, -0.25) is 4.90 Å². The first-order valence-electron chi connectivity index (χ1n) is 11.5. The topological polar surface area (TPSA) is 102 Å². The Hall–Kier alpha value is -2.43. The smallest absolute Gasteiger partial charge is 0.360 e. The summed E-state index contributed by atoms with van der Waals surface area (Å²) in [4.78, 5) is 14.4. The van der Waals surface area contributed by atoms with Crippen LogP contribution in [-0.4, -0.2) is 74.7 Å². The van der Waals surface area contributed by atoms with Crippen LogP contribution in [-0.2, 0) is 14.8 Å². The first kappa shape index (κ1) is 23.7. The summed E-state index contributed by atoms with van der Waals surface area (Å²) in [6, 6.07) is 6.79. The number of carbonyl (C=O) groups excluding carboxylic acids is 1. The molecule has 1 aliphatic carbocycles. The van der Waals surface area contributed by atoms with Crippen molar-refractivity contribution in [3.8, 4) is 17.1 Å². The molecule has 4 rings (SSSR count). The number of methoxy groups -OCH3 is 1. The van der Waals surface area contributed by atoms with Crippen LogP contribution in [0.1, 0.15) is 49.5 Å². The normalized spacial score (nSPS) is 18.8. The third-order valence-corrected chi connectivity index (χ3v) is 8.34. The van der Waals surface area contributed by atoms with Gasteiger partial charge in [0.1, 0.15) is 10.6 Å². The lowest BCUT2D eigenvalue weighted by Gasteiger charge is -2.40. The third kappa shape index (κ3) is 5.07. The number of esters is 1. The quantitative estimate of drug-likeness (QED) is 0.561. The number of nitrogens with zero attached hydrogens (tertiary/aromatic N) is 3. The van der Waals surface area contributed by atoms with E-state index in [4.69, 9.17) is 14.0 Å². The van der Waals surface area contributed by atoms with E-state index in [0.717, 1.165) is 13.1 Å². The number of aromatic nitrogens is 1. The summed E-state index contributed by atoms with van der Waals surface area (Å²) < 4.78 is 44.2. The van der Waals surface area contributed by atoms with Crippen molar-refractivity contribution >= 4 is 16.0 Å². The van der Waals surface area contributed by atoms with Crippen molar-refractivity contribution in [2.75, 3.05) is 39.9 Å². The van der Waals surface area contributed by atoms with Crippen molar-refractivity contribution in [2.45, 2.75) is 50.0 Å². The van der Waals surface area contributed by atoms with Gasteiger partial charge < -0.3 is 14.0 Å². The Kier molecular flexibility index (Phi) is 7.35. The molecular formula is C23H31N3O6S. The van der Waals surface area contributed by atoms with Gasteiger partial charge in [-0.1, -0.05) is 24.4 Å². The molecule has 2 aliphatic rings. The van der Waals surface area contributed by atoms with Crippen molar-refractivity contribution in [2.24, 2.45) is 0 Å². The van der Waals surface area contributed by atoms with E-state index in [1.54, 1.807) is 19.1 Å². The summed E-state index contributed by atoms with van der Waals surface area (Å²) in [6.45, 7) is 4.28. The van der Waals surface area contributed by atoms with E-state index in [9.17, 15) is 13.2 Å². The highest BCUT2D eigenvalue weighted by molar-refractivity contribution is 7.89. The fourth-order valence-electron chi connectivity index (χ4n) is 4.64. The second-order valence-electron chi connectivity index (χ2n) is 8.39. The van der Waals surface area contributed by atoms with E-state index in [1.165, 1.54) is 55.7 Å². The predicted molar refractivity (Wildman–Crippen MR) is 122 cm³/mol. The lowest BCUT2D eigenvalue weighted by molar-refractivity contribution is 0.0514. The summed E-state index contributed by atoms with van der Waals surface area (Å²) in [5.74, 6) is -0.0532. The number of hydrogen-bond acceptors (Lipinski definition) is 8. The van der Waals surface area contributed by atoms with E-state index in [-0.39, 0.29) is 28.7 Å².